The summed E-state index contributed by atoms with van der Waals surface area (Å²) in [6.07, 6.45) is 2.93. The molecule has 1 saturated heterocycles. The van der Waals surface area contributed by atoms with Gasteiger partial charge in [-0.25, -0.2) is 0 Å². The lowest BCUT2D eigenvalue weighted by Gasteiger charge is -2.06. The topological polar surface area (TPSA) is 67.2 Å². The van der Waals surface area contributed by atoms with Crippen LogP contribution in [0.5, 0.6) is 0 Å². The zero-order chi connectivity index (χ0) is 14.1. The van der Waals surface area contributed by atoms with Gasteiger partial charge in [0.2, 0.25) is 0 Å². The van der Waals surface area contributed by atoms with E-state index in [0.29, 0.717) is 26.4 Å². The van der Waals surface area contributed by atoms with Crippen LogP contribution >= 0.6 is 0 Å². The molecule has 0 saturated carbocycles. The summed E-state index contributed by atoms with van der Waals surface area (Å²) < 4.78 is 20.6. The van der Waals surface area contributed by atoms with E-state index in [1.165, 1.54) is 12.4 Å². The molecule has 0 aliphatic carbocycles. The minimum atomic E-state index is -0.658. The summed E-state index contributed by atoms with van der Waals surface area (Å²) in [5.74, 6) is -0.658. The fourth-order valence-electron chi connectivity index (χ4n) is 1.30. The summed E-state index contributed by atoms with van der Waals surface area (Å²) >= 11 is 0. The van der Waals surface area contributed by atoms with Gasteiger partial charge < -0.3 is 24.2 Å². The largest absolute Gasteiger partial charge is 0.619 e. The lowest BCUT2D eigenvalue weighted by atomic mass is 10.3. The smallest absolute Gasteiger partial charge is 0.308 e. The molecule has 0 amide bonds. The Labute approximate surface area is 113 Å². The first-order valence-corrected chi connectivity index (χ1v) is 6.24. The number of aromatic nitrogens is 1. The fraction of sp³-hybridized carbons (Fsp3) is 0.615. The number of epoxide rings is 1. The first-order chi connectivity index (χ1) is 9.15. The number of pyridine rings is 1. The minimum absolute atomic E-state index is 0.567. The normalized spacial score (nSPS) is 20.6. The van der Waals surface area contributed by atoms with Gasteiger partial charge in [0.15, 0.2) is 12.4 Å². The van der Waals surface area contributed by atoms with Gasteiger partial charge in [0, 0.05) is 32.5 Å². The lowest BCUT2D eigenvalue weighted by molar-refractivity contribution is -0.605. The molecule has 2 heterocycles. The maximum absolute atomic E-state index is 10.6. The molecule has 0 N–H and O–H groups in total. The summed E-state index contributed by atoms with van der Waals surface area (Å²) in [6.45, 7) is 6.33. The average molecular weight is 271 g/mol. The molecular formula is C13H21NO5. The first kappa shape index (κ1) is 15.8. The third kappa shape index (κ3) is 5.98. The van der Waals surface area contributed by atoms with Crippen molar-refractivity contribution in [2.75, 3.05) is 26.9 Å². The Kier molecular flexibility index (Phi) is 6.72. The predicted octanol–water partition coefficient (Wildman–Crippen LogP) is 1.21. The summed E-state index contributed by atoms with van der Waals surface area (Å²) in [4.78, 5) is 0. The van der Waals surface area contributed by atoms with Gasteiger partial charge >= 0.3 is 5.97 Å². The molecule has 19 heavy (non-hydrogen) atoms. The molecule has 1 aromatic rings. The van der Waals surface area contributed by atoms with E-state index in [2.05, 4.69) is 0 Å². The molecule has 1 fully saturated rings. The van der Waals surface area contributed by atoms with E-state index in [-0.39, 0.29) is 0 Å². The van der Waals surface area contributed by atoms with E-state index in [1.807, 2.05) is 13.8 Å². The fourth-order valence-corrected chi connectivity index (χ4v) is 1.30. The van der Waals surface area contributed by atoms with Crippen molar-refractivity contribution in [2.24, 2.45) is 0 Å². The zero-order valence-electron chi connectivity index (χ0n) is 11.6. The predicted molar refractivity (Wildman–Crippen MR) is 68.1 cm³/mol. The number of hydrogen-bond donors (Lipinski definition) is 0. The van der Waals surface area contributed by atoms with Crippen molar-refractivity contribution >= 4 is 0 Å². The van der Waals surface area contributed by atoms with Crippen LogP contribution in [0.15, 0.2) is 24.5 Å². The Balaban J connectivity index is 0.000000200. The van der Waals surface area contributed by atoms with Crippen molar-refractivity contribution in [2.45, 2.75) is 26.4 Å². The van der Waals surface area contributed by atoms with E-state index < -0.39 is 5.97 Å². The molecular weight excluding hydrogens is 250 g/mol. The van der Waals surface area contributed by atoms with Gasteiger partial charge in [-0.15, -0.1) is 0 Å². The highest BCUT2D eigenvalue weighted by atomic mass is 16.9. The van der Waals surface area contributed by atoms with Gasteiger partial charge in [0.1, 0.15) is 6.61 Å². The summed E-state index contributed by atoms with van der Waals surface area (Å²) in [7, 11) is 1.57. The minimum Gasteiger partial charge on any atom is -0.619 e. The third-order valence-corrected chi connectivity index (χ3v) is 2.40. The molecule has 1 aromatic heterocycles. The second-order valence-electron chi connectivity index (χ2n) is 3.81. The molecule has 0 spiro atoms. The quantitative estimate of drug-likeness (QED) is 0.337. The Hall–Kier alpha value is -1.21. The van der Waals surface area contributed by atoms with Crippen LogP contribution in [0, 0.1) is 5.21 Å². The average Bonchev–Trinajstić information content (AvgIpc) is 3.20. The molecule has 1 atom stereocenters. The van der Waals surface area contributed by atoms with Crippen LogP contribution in [0.25, 0.3) is 0 Å². The second kappa shape index (κ2) is 8.06. The molecule has 2 rings (SSSR count). The number of nitrogens with zero attached hydrogens (tertiary/aromatic N) is 1. The Morgan fingerprint density at radius 2 is 1.95 bits per heavy atom. The van der Waals surface area contributed by atoms with E-state index in [9.17, 15) is 5.21 Å². The lowest BCUT2D eigenvalue weighted by Crippen LogP contribution is -2.23. The van der Waals surface area contributed by atoms with Crippen molar-refractivity contribution in [3.63, 3.8) is 0 Å². The summed E-state index contributed by atoms with van der Waals surface area (Å²) in [5, 5.41) is 10.6. The molecule has 0 bridgehead atoms. The third-order valence-electron chi connectivity index (χ3n) is 2.40. The zero-order valence-corrected chi connectivity index (χ0v) is 11.6. The van der Waals surface area contributed by atoms with Gasteiger partial charge in [-0.05, 0) is 19.4 Å². The highest BCUT2D eigenvalue weighted by Gasteiger charge is 2.47. The van der Waals surface area contributed by atoms with E-state index in [1.54, 1.807) is 19.2 Å². The Bertz CT molecular complexity index is 351. The molecule has 108 valence electrons. The molecule has 6 heteroatoms. The standard InChI is InChI=1S/C8H11NO2.C5H10O3/c1-2-11-7-8-3-5-9(10)6-4-8;1-3-7-5(6-2)4-8-5/h3-6H,2,7H2,1H3;3-4H2,1-2H3. The van der Waals surface area contributed by atoms with Crippen molar-refractivity contribution in [3.8, 4) is 0 Å². The van der Waals surface area contributed by atoms with Crippen LogP contribution in [0.1, 0.15) is 19.4 Å². The number of hydrogen-bond acceptors (Lipinski definition) is 5. The molecule has 1 aliphatic rings. The van der Waals surface area contributed by atoms with Crippen molar-refractivity contribution in [3.05, 3.63) is 35.3 Å². The van der Waals surface area contributed by atoms with E-state index >= 15 is 0 Å². The SMILES string of the molecule is CCOC1(OC)CO1.CCOCc1cc[n+]([O-])cc1. The van der Waals surface area contributed by atoms with Crippen LogP contribution in [-0.4, -0.2) is 32.9 Å². The monoisotopic (exact) mass is 271 g/mol. The van der Waals surface area contributed by atoms with E-state index in [0.717, 1.165) is 10.3 Å². The van der Waals surface area contributed by atoms with Crippen LogP contribution in [0.3, 0.4) is 0 Å². The van der Waals surface area contributed by atoms with Crippen LogP contribution in [0.2, 0.25) is 0 Å². The van der Waals surface area contributed by atoms with Crippen molar-refractivity contribution < 1.29 is 23.7 Å². The summed E-state index contributed by atoms with van der Waals surface area (Å²) in [6, 6.07) is 3.51. The Morgan fingerprint density at radius 1 is 1.32 bits per heavy atom. The number of methoxy groups -OCH3 is 1. The summed E-state index contributed by atoms with van der Waals surface area (Å²) in [5.41, 5.74) is 1.03. The Morgan fingerprint density at radius 3 is 2.32 bits per heavy atom. The maximum Gasteiger partial charge on any atom is 0.308 e. The number of ether oxygens (including phenoxy) is 4. The maximum atomic E-state index is 10.6. The van der Waals surface area contributed by atoms with Crippen LogP contribution in [-0.2, 0) is 25.6 Å². The first-order valence-electron chi connectivity index (χ1n) is 6.24. The van der Waals surface area contributed by atoms with Gasteiger partial charge in [0.05, 0.1) is 6.61 Å². The molecule has 1 unspecified atom stereocenters. The molecule has 0 aromatic carbocycles. The van der Waals surface area contributed by atoms with Crippen molar-refractivity contribution in [1.29, 1.82) is 0 Å². The highest BCUT2D eigenvalue weighted by Crippen LogP contribution is 2.28. The highest BCUT2D eigenvalue weighted by molar-refractivity contribution is 5.05. The molecule has 6 nitrogen and oxygen atoms in total. The van der Waals surface area contributed by atoms with Gasteiger partial charge in [-0.2, -0.15) is 4.73 Å². The van der Waals surface area contributed by atoms with E-state index in [4.69, 9.17) is 18.9 Å². The second-order valence-corrected chi connectivity index (χ2v) is 3.81. The van der Waals surface area contributed by atoms with Gasteiger partial charge in [0.25, 0.3) is 0 Å². The number of rotatable bonds is 6. The van der Waals surface area contributed by atoms with Crippen LogP contribution in [0.4, 0.5) is 0 Å². The van der Waals surface area contributed by atoms with Gasteiger partial charge in [-0.3, -0.25) is 0 Å². The van der Waals surface area contributed by atoms with Gasteiger partial charge in [-0.1, -0.05) is 0 Å². The molecule has 1 aliphatic heterocycles. The van der Waals surface area contributed by atoms with Crippen molar-refractivity contribution in [1.82, 2.24) is 0 Å². The van der Waals surface area contributed by atoms with Crippen LogP contribution < -0.4 is 4.73 Å². The molecule has 0 radical (unpaired) electrons.